The van der Waals surface area contributed by atoms with E-state index in [-0.39, 0.29) is 11.3 Å². The van der Waals surface area contributed by atoms with Gasteiger partial charge in [0.05, 0.1) is 23.2 Å². The average Bonchev–Trinajstić information content (AvgIpc) is 3.25. The van der Waals surface area contributed by atoms with Crippen molar-refractivity contribution in [2.24, 2.45) is 5.92 Å². The number of para-hydroxylation sites is 1. The molecule has 0 aliphatic heterocycles. The van der Waals surface area contributed by atoms with E-state index in [0.717, 1.165) is 23.7 Å². The SMILES string of the molecule is CC(C)CCNC(=O)NC(=O)CSc1nnc2n(Cc3ccccc3)c(=O)c3ccccc3n12. The first-order valence-electron chi connectivity index (χ1n) is 11.0. The van der Waals surface area contributed by atoms with Crippen LogP contribution >= 0.6 is 11.8 Å². The van der Waals surface area contributed by atoms with E-state index < -0.39 is 11.9 Å². The standard InChI is InChI=1S/C24H26N6O3S/c1-16(2)12-13-25-22(33)26-20(31)15-34-24-28-27-23-29(14-17-8-4-3-5-9-17)21(32)18-10-6-7-11-19(18)30(23)24/h3-11,16H,12-15H2,1-2H3,(H2,25,26,31,33). The highest BCUT2D eigenvalue weighted by Gasteiger charge is 2.18. The van der Waals surface area contributed by atoms with Crippen LogP contribution in [0.2, 0.25) is 0 Å². The predicted molar refractivity (Wildman–Crippen MR) is 132 cm³/mol. The van der Waals surface area contributed by atoms with E-state index in [2.05, 4.69) is 34.7 Å². The fourth-order valence-electron chi connectivity index (χ4n) is 3.55. The molecule has 34 heavy (non-hydrogen) atoms. The Bertz CT molecular complexity index is 1380. The van der Waals surface area contributed by atoms with Crippen LogP contribution in [0.15, 0.2) is 64.5 Å². The lowest BCUT2D eigenvalue weighted by Gasteiger charge is -2.11. The van der Waals surface area contributed by atoms with Crippen LogP contribution in [-0.2, 0) is 11.3 Å². The number of hydrogen-bond donors (Lipinski definition) is 2. The molecule has 4 rings (SSSR count). The van der Waals surface area contributed by atoms with Crippen LogP contribution in [0.25, 0.3) is 16.7 Å². The number of amides is 3. The number of aromatic nitrogens is 4. The minimum atomic E-state index is -0.514. The van der Waals surface area contributed by atoms with E-state index in [1.54, 1.807) is 15.0 Å². The first-order chi connectivity index (χ1) is 16.4. The molecule has 0 spiro atoms. The zero-order valence-corrected chi connectivity index (χ0v) is 19.8. The quantitative estimate of drug-likeness (QED) is 0.377. The molecule has 0 atom stereocenters. The maximum absolute atomic E-state index is 13.2. The van der Waals surface area contributed by atoms with Crippen molar-refractivity contribution in [1.82, 2.24) is 29.8 Å². The lowest BCUT2D eigenvalue weighted by atomic mass is 10.1. The van der Waals surface area contributed by atoms with Gasteiger partial charge in [-0.25, -0.2) is 4.79 Å². The Labute approximate surface area is 200 Å². The van der Waals surface area contributed by atoms with Gasteiger partial charge in [-0.1, -0.05) is 68.1 Å². The Kier molecular flexibility index (Phi) is 7.27. The van der Waals surface area contributed by atoms with Gasteiger partial charge in [0.1, 0.15) is 0 Å². The molecule has 0 aliphatic carbocycles. The Balaban J connectivity index is 1.58. The van der Waals surface area contributed by atoms with Crippen molar-refractivity contribution >= 4 is 40.4 Å². The summed E-state index contributed by atoms with van der Waals surface area (Å²) in [4.78, 5) is 37.5. The summed E-state index contributed by atoms with van der Waals surface area (Å²) in [5.74, 6) is 0.388. The highest BCUT2D eigenvalue weighted by molar-refractivity contribution is 7.99. The van der Waals surface area contributed by atoms with Gasteiger partial charge in [0.15, 0.2) is 5.16 Å². The van der Waals surface area contributed by atoms with Crippen molar-refractivity contribution in [3.63, 3.8) is 0 Å². The molecule has 2 aromatic heterocycles. The summed E-state index contributed by atoms with van der Waals surface area (Å²) in [5.41, 5.74) is 1.46. The molecule has 0 saturated carbocycles. The predicted octanol–water partition coefficient (Wildman–Crippen LogP) is 3.06. The normalized spacial score (nSPS) is 11.3. The van der Waals surface area contributed by atoms with Crippen molar-refractivity contribution in [1.29, 1.82) is 0 Å². The summed E-state index contributed by atoms with van der Waals surface area (Å²) >= 11 is 1.15. The number of nitrogens with one attached hydrogen (secondary N) is 2. The van der Waals surface area contributed by atoms with Crippen LogP contribution in [-0.4, -0.2) is 43.4 Å². The molecule has 0 radical (unpaired) electrons. The number of imide groups is 1. The third-order valence-electron chi connectivity index (χ3n) is 5.25. The molecule has 0 aliphatic rings. The van der Waals surface area contributed by atoms with Crippen LogP contribution in [0.4, 0.5) is 4.79 Å². The van der Waals surface area contributed by atoms with E-state index >= 15 is 0 Å². The summed E-state index contributed by atoms with van der Waals surface area (Å²) < 4.78 is 3.36. The summed E-state index contributed by atoms with van der Waals surface area (Å²) in [6.45, 7) is 4.97. The van der Waals surface area contributed by atoms with Crippen LogP contribution < -0.4 is 16.2 Å². The number of thioether (sulfide) groups is 1. The largest absolute Gasteiger partial charge is 0.338 e. The van der Waals surface area contributed by atoms with Crippen molar-refractivity contribution in [2.45, 2.75) is 32.0 Å². The fourth-order valence-corrected chi connectivity index (χ4v) is 4.29. The number of hydrogen-bond acceptors (Lipinski definition) is 6. The Morgan fingerprint density at radius 3 is 2.53 bits per heavy atom. The Morgan fingerprint density at radius 2 is 1.76 bits per heavy atom. The summed E-state index contributed by atoms with van der Waals surface area (Å²) in [6, 6.07) is 16.4. The van der Waals surface area contributed by atoms with Gasteiger partial charge < -0.3 is 5.32 Å². The van der Waals surface area contributed by atoms with Gasteiger partial charge in [-0.15, -0.1) is 10.2 Å². The van der Waals surface area contributed by atoms with Gasteiger partial charge in [-0.05, 0) is 30.0 Å². The Hall–Kier alpha value is -3.66. The average molecular weight is 479 g/mol. The van der Waals surface area contributed by atoms with Gasteiger partial charge in [0.2, 0.25) is 11.7 Å². The van der Waals surface area contributed by atoms with Crippen molar-refractivity contribution < 1.29 is 9.59 Å². The molecule has 4 aromatic rings. The zero-order chi connectivity index (χ0) is 24.1. The highest BCUT2D eigenvalue weighted by atomic mass is 32.2. The van der Waals surface area contributed by atoms with Gasteiger partial charge in [0.25, 0.3) is 5.56 Å². The zero-order valence-electron chi connectivity index (χ0n) is 19.0. The van der Waals surface area contributed by atoms with Crippen LogP contribution in [0.3, 0.4) is 0 Å². The summed E-state index contributed by atoms with van der Waals surface area (Å²) in [6.07, 6.45) is 0.833. The lowest BCUT2D eigenvalue weighted by Crippen LogP contribution is -2.40. The highest BCUT2D eigenvalue weighted by Crippen LogP contribution is 2.22. The maximum Gasteiger partial charge on any atom is 0.321 e. The third-order valence-corrected chi connectivity index (χ3v) is 6.18. The molecule has 0 saturated heterocycles. The molecule has 0 unspecified atom stereocenters. The van der Waals surface area contributed by atoms with Crippen LogP contribution in [0.5, 0.6) is 0 Å². The second-order valence-corrected chi connectivity index (χ2v) is 9.23. The molecule has 176 valence electrons. The van der Waals surface area contributed by atoms with E-state index in [9.17, 15) is 14.4 Å². The van der Waals surface area contributed by atoms with Gasteiger partial charge in [0, 0.05) is 6.54 Å². The van der Waals surface area contributed by atoms with E-state index in [4.69, 9.17) is 0 Å². The molecule has 0 bridgehead atoms. The number of nitrogens with zero attached hydrogens (tertiary/aromatic N) is 4. The van der Waals surface area contributed by atoms with Gasteiger partial charge >= 0.3 is 6.03 Å². The second-order valence-electron chi connectivity index (χ2n) is 8.29. The summed E-state index contributed by atoms with van der Waals surface area (Å²) in [7, 11) is 0. The molecule has 2 aromatic carbocycles. The van der Waals surface area contributed by atoms with Crippen molar-refractivity contribution in [3.8, 4) is 0 Å². The molecule has 0 fully saturated rings. The number of carbonyl (C=O) groups excluding carboxylic acids is 2. The number of urea groups is 1. The number of fused-ring (bicyclic) bond motifs is 3. The summed E-state index contributed by atoms with van der Waals surface area (Å²) in [5, 5.41) is 14.5. The minimum absolute atomic E-state index is 0.0233. The first-order valence-corrected chi connectivity index (χ1v) is 12.0. The Morgan fingerprint density at radius 1 is 1.03 bits per heavy atom. The van der Waals surface area contributed by atoms with Gasteiger partial charge in [-0.2, -0.15) is 0 Å². The number of benzene rings is 2. The molecule has 2 heterocycles. The molecular weight excluding hydrogens is 452 g/mol. The van der Waals surface area contributed by atoms with Crippen molar-refractivity contribution in [2.75, 3.05) is 12.3 Å². The van der Waals surface area contributed by atoms with E-state index in [0.29, 0.717) is 40.8 Å². The molecular formula is C24H26N6O3S. The van der Waals surface area contributed by atoms with Crippen LogP contribution in [0, 0.1) is 5.92 Å². The first kappa shape index (κ1) is 23.5. The fraction of sp³-hybridized carbons (Fsp3) is 0.292. The number of rotatable bonds is 8. The molecule has 3 amide bonds. The maximum atomic E-state index is 13.2. The van der Waals surface area contributed by atoms with E-state index in [1.807, 2.05) is 48.5 Å². The van der Waals surface area contributed by atoms with Crippen molar-refractivity contribution in [3.05, 3.63) is 70.5 Å². The number of carbonyl (C=O) groups is 2. The third kappa shape index (κ3) is 5.28. The topological polar surface area (TPSA) is 110 Å². The monoisotopic (exact) mass is 478 g/mol. The minimum Gasteiger partial charge on any atom is -0.338 e. The van der Waals surface area contributed by atoms with Crippen LogP contribution in [0.1, 0.15) is 25.8 Å². The lowest BCUT2D eigenvalue weighted by molar-refractivity contribution is -0.117. The van der Waals surface area contributed by atoms with E-state index in [1.165, 1.54) is 0 Å². The molecule has 9 nitrogen and oxygen atoms in total. The molecule has 2 N–H and O–H groups in total. The van der Waals surface area contributed by atoms with Gasteiger partial charge in [-0.3, -0.25) is 23.9 Å². The molecule has 10 heteroatoms. The second kappa shape index (κ2) is 10.5. The smallest absolute Gasteiger partial charge is 0.321 e.